The Balaban J connectivity index is 1.77. The molecule has 2 unspecified atom stereocenters. The number of halogens is 3. The zero-order chi connectivity index (χ0) is 16.6. The number of carbonyl (C=O) groups excluding carboxylic acids is 1. The molecule has 3 nitrogen and oxygen atoms in total. The van der Waals surface area contributed by atoms with Gasteiger partial charge in [0.05, 0.1) is 15.8 Å². The van der Waals surface area contributed by atoms with E-state index in [1.54, 1.807) is 0 Å². The van der Waals surface area contributed by atoms with E-state index in [1.165, 1.54) is 6.07 Å². The van der Waals surface area contributed by atoms with Crippen LogP contribution in [0.4, 0.5) is 18.3 Å². The van der Waals surface area contributed by atoms with Crippen LogP contribution < -0.4 is 5.32 Å². The average Bonchev–Trinajstić information content (AvgIpc) is 2.87. The zero-order valence-corrected chi connectivity index (χ0v) is 13.4. The van der Waals surface area contributed by atoms with Crippen molar-refractivity contribution in [3.63, 3.8) is 0 Å². The molecule has 23 heavy (non-hydrogen) atoms. The number of rotatable bonds is 2. The van der Waals surface area contributed by atoms with E-state index >= 15 is 0 Å². The number of nitrogens with zero attached hydrogens (tertiary/aromatic N) is 1. The second-order valence-corrected chi connectivity index (χ2v) is 7.19. The molecule has 0 spiro atoms. The third-order valence-electron chi connectivity index (χ3n) is 4.25. The molecule has 1 N–H and O–H groups in total. The van der Waals surface area contributed by atoms with Crippen LogP contribution in [0.1, 0.15) is 38.2 Å². The molecule has 0 saturated heterocycles. The summed E-state index contributed by atoms with van der Waals surface area (Å²) in [6.45, 7) is 2.13. The van der Waals surface area contributed by atoms with Crippen molar-refractivity contribution in [3.05, 3.63) is 23.8 Å². The maximum absolute atomic E-state index is 12.7. The Morgan fingerprint density at radius 3 is 2.83 bits per heavy atom. The van der Waals surface area contributed by atoms with Gasteiger partial charge < -0.3 is 5.32 Å². The summed E-state index contributed by atoms with van der Waals surface area (Å²) in [5.74, 6) is 0.423. The number of hydrogen-bond acceptors (Lipinski definition) is 3. The first-order valence-corrected chi connectivity index (χ1v) is 8.43. The summed E-state index contributed by atoms with van der Waals surface area (Å²) >= 11 is 1.08. The largest absolute Gasteiger partial charge is 0.416 e. The van der Waals surface area contributed by atoms with Gasteiger partial charge in [0.2, 0.25) is 5.91 Å². The fourth-order valence-corrected chi connectivity index (χ4v) is 3.94. The van der Waals surface area contributed by atoms with Crippen LogP contribution in [0.5, 0.6) is 0 Å². The highest BCUT2D eigenvalue weighted by Crippen LogP contribution is 2.35. The summed E-state index contributed by atoms with van der Waals surface area (Å²) in [6, 6.07) is 3.43. The van der Waals surface area contributed by atoms with Gasteiger partial charge in [0.15, 0.2) is 5.13 Å². The number of aromatic nitrogens is 1. The summed E-state index contributed by atoms with van der Waals surface area (Å²) in [7, 11) is 0. The molecule has 1 aromatic heterocycles. The highest BCUT2D eigenvalue weighted by atomic mass is 32.1. The predicted molar refractivity (Wildman–Crippen MR) is 84.4 cm³/mol. The van der Waals surface area contributed by atoms with Gasteiger partial charge in [0, 0.05) is 5.92 Å². The minimum atomic E-state index is -4.38. The molecule has 0 radical (unpaired) electrons. The summed E-state index contributed by atoms with van der Waals surface area (Å²) < 4.78 is 38.6. The number of carbonyl (C=O) groups is 1. The molecule has 0 aliphatic heterocycles. The van der Waals surface area contributed by atoms with E-state index in [4.69, 9.17) is 0 Å². The molecule has 2 atom stereocenters. The van der Waals surface area contributed by atoms with E-state index in [0.717, 1.165) is 49.2 Å². The number of benzene rings is 1. The van der Waals surface area contributed by atoms with Crippen LogP contribution in [-0.4, -0.2) is 10.9 Å². The van der Waals surface area contributed by atoms with Crippen LogP contribution in [-0.2, 0) is 11.0 Å². The lowest BCUT2D eigenvalue weighted by Crippen LogP contribution is -2.27. The van der Waals surface area contributed by atoms with Gasteiger partial charge in [0.1, 0.15) is 0 Å². The van der Waals surface area contributed by atoms with E-state index in [-0.39, 0.29) is 11.8 Å². The van der Waals surface area contributed by atoms with Crippen LogP contribution in [0.3, 0.4) is 0 Å². The van der Waals surface area contributed by atoms with E-state index in [2.05, 4.69) is 17.2 Å². The molecule has 1 aromatic carbocycles. The van der Waals surface area contributed by atoms with E-state index in [0.29, 0.717) is 21.3 Å². The summed E-state index contributed by atoms with van der Waals surface area (Å²) in [5, 5.41) is 3.13. The number of amides is 1. The molecule has 124 valence electrons. The van der Waals surface area contributed by atoms with Gasteiger partial charge >= 0.3 is 6.18 Å². The summed E-state index contributed by atoms with van der Waals surface area (Å²) in [4.78, 5) is 16.5. The molecule has 1 amide bonds. The lowest BCUT2D eigenvalue weighted by Gasteiger charge is -2.25. The monoisotopic (exact) mass is 342 g/mol. The molecule has 1 saturated carbocycles. The van der Waals surface area contributed by atoms with Crippen LogP contribution in [0.2, 0.25) is 0 Å². The Labute approximate surface area is 135 Å². The van der Waals surface area contributed by atoms with Crippen LogP contribution in [0.25, 0.3) is 10.2 Å². The molecule has 0 bridgehead atoms. The smallest absolute Gasteiger partial charge is 0.302 e. The highest BCUT2D eigenvalue weighted by molar-refractivity contribution is 7.22. The van der Waals surface area contributed by atoms with Crippen LogP contribution in [0, 0.1) is 11.8 Å². The van der Waals surface area contributed by atoms with Gasteiger partial charge in [0.25, 0.3) is 0 Å². The topological polar surface area (TPSA) is 42.0 Å². The minimum absolute atomic E-state index is 0.0310. The van der Waals surface area contributed by atoms with Gasteiger partial charge in [-0.1, -0.05) is 31.1 Å². The summed E-state index contributed by atoms with van der Waals surface area (Å²) in [5.41, 5.74) is -0.233. The zero-order valence-electron chi connectivity index (χ0n) is 12.6. The Bertz CT molecular complexity index is 726. The van der Waals surface area contributed by atoms with Crippen LogP contribution in [0.15, 0.2) is 18.2 Å². The Hall–Kier alpha value is -1.63. The van der Waals surface area contributed by atoms with Crippen molar-refractivity contribution in [2.75, 3.05) is 5.32 Å². The lowest BCUT2D eigenvalue weighted by atomic mass is 9.82. The predicted octanol–water partition coefficient (Wildman–Crippen LogP) is 5.08. The molecule has 1 heterocycles. The van der Waals surface area contributed by atoms with E-state index in [1.807, 2.05) is 0 Å². The standard InChI is InChI=1S/C16H17F3N2OS/c1-9-3-2-4-10(7-9)14(22)21-15-20-12-6-5-11(16(17,18)19)8-13(12)23-15/h5-6,8-10H,2-4,7H2,1H3,(H,20,21,22). The lowest BCUT2D eigenvalue weighted by molar-refractivity contribution is -0.137. The van der Waals surface area contributed by atoms with Gasteiger partial charge in [-0.25, -0.2) is 4.98 Å². The van der Waals surface area contributed by atoms with Crippen molar-refractivity contribution in [2.24, 2.45) is 11.8 Å². The van der Waals surface area contributed by atoms with E-state index in [9.17, 15) is 18.0 Å². The third kappa shape index (κ3) is 3.65. The fraction of sp³-hybridized carbons (Fsp3) is 0.500. The first-order chi connectivity index (χ1) is 10.8. The molecular formula is C16H17F3N2OS. The SMILES string of the molecule is CC1CCCC(C(=O)Nc2nc3ccc(C(F)(F)F)cc3s2)C1. The quantitative estimate of drug-likeness (QED) is 0.827. The van der Waals surface area contributed by atoms with Crippen molar-refractivity contribution < 1.29 is 18.0 Å². The Morgan fingerprint density at radius 2 is 2.13 bits per heavy atom. The second kappa shape index (κ2) is 6.11. The molecule has 1 aliphatic rings. The number of anilines is 1. The van der Waals surface area contributed by atoms with Gasteiger partial charge in [-0.05, 0) is 37.0 Å². The molecule has 3 rings (SSSR count). The highest BCUT2D eigenvalue weighted by Gasteiger charge is 2.31. The average molecular weight is 342 g/mol. The van der Waals surface area contributed by atoms with Crippen molar-refractivity contribution >= 4 is 32.6 Å². The first-order valence-electron chi connectivity index (χ1n) is 7.61. The maximum Gasteiger partial charge on any atom is 0.416 e. The van der Waals surface area contributed by atoms with Crippen molar-refractivity contribution in [1.29, 1.82) is 0 Å². The molecule has 1 fully saturated rings. The van der Waals surface area contributed by atoms with Crippen LogP contribution >= 0.6 is 11.3 Å². The van der Waals surface area contributed by atoms with Gasteiger partial charge in [-0.15, -0.1) is 0 Å². The number of nitrogens with one attached hydrogen (secondary N) is 1. The second-order valence-electron chi connectivity index (χ2n) is 6.16. The van der Waals surface area contributed by atoms with Crippen molar-refractivity contribution in [1.82, 2.24) is 4.98 Å². The van der Waals surface area contributed by atoms with E-state index < -0.39 is 11.7 Å². The molecule has 7 heteroatoms. The maximum atomic E-state index is 12.7. The van der Waals surface area contributed by atoms with Gasteiger partial charge in [-0.3, -0.25) is 4.79 Å². The number of hydrogen-bond donors (Lipinski definition) is 1. The molecule has 2 aromatic rings. The molecule has 1 aliphatic carbocycles. The fourth-order valence-electron chi connectivity index (χ4n) is 3.03. The number of thiazole rings is 1. The normalized spacial score (nSPS) is 22.3. The third-order valence-corrected chi connectivity index (χ3v) is 5.19. The van der Waals surface area contributed by atoms with Gasteiger partial charge in [-0.2, -0.15) is 13.2 Å². The van der Waals surface area contributed by atoms with Crippen molar-refractivity contribution in [2.45, 2.75) is 38.8 Å². The Morgan fingerprint density at radius 1 is 1.35 bits per heavy atom. The number of fused-ring (bicyclic) bond motifs is 1. The number of alkyl halides is 3. The first kappa shape index (κ1) is 16.2. The minimum Gasteiger partial charge on any atom is -0.302 e. The summed E-state index contributed by atoms with van der Waals surface area (Å²) in [6.07, 6.45) is -0.479. The molecular weight excluding hydrogens is 325 g/mol. The Kier molecular flexibility index (Phi) is 4.31. The van der Waals surface area contributed by atoms with Crippen molar-refractivity contribution in [3.8, 4) is 0 Å².